The molecule has 29 heavy (non-hydrogen) atoms. The lowest BCUT2D eigenvalue weighted by Gasteiger charge is -2.42. The lowest BCUT2D eigenvalue weighted by Crippen LogP contribution is -2.52. The third-order valence-corrected chi connectivity index (χ3v) is 4.50. The number of hydroxylamine groups is 1. The summed E-state index contributed by atoms with van der Waals surface area (Å²) in [6, 6.07) is 9.75. The Morgan fingerprint density at radius 1 is 1.10 bits per heavy atom. The van der Waals surface area contributed by atoms with Gasteiger partial charge in [-0.2, -0.15) is 0 Å². The maximum absolute atomic E-state index is 12.7. The van der Waals surface area contributed by atoms with E-state index in [4.69, 9.17) is 19.0 Å². The molecule has 1 saturated heterocycles. The third-order valence-electron chi connectivity index (χ3n) is 4.50. The maximum Gasteiger partial charge on any atom is 0.441 e. The van der Waals surface area contributed by atoms with Crippen LogP contribution < -0.4 is 5.48 Å². The Balaban J connectivity index is 2.07. The van der Waals surface area contributed by atoms with E-state index in [0.29, 0.717) is 19.6 Å². The first-order valence-corrected chi connectivity index (χ1v) is 9.94. The molecule has 1 aliphatic heterocycles. The van der Waals surface area contributed by atoms with Crippen molar-refractivity contribution in [1.29, 1.82) is 0 Å². The van der Waals surface area contributed by atoms with Gasteiger partial charge in [-0.3, -0.25) is 0 Å². The fourth-order valence-corrected chi connectivity index (χ4v) is 3.22. The van der Waals surface area contributed by atoms with Crippen molar-refractivity contribution in [2.75, 3.05) is 6.61 Å². The van der Waals surface area contributed by atoms with Gasteiger partial charge in [0.2, 0.25) is 0 Å². The van der Waals surface area contributed by atoms with Gasteiger partial charge in [-0.15, -0.1) is 5.48 Å². The fourth-order valence-electron chi connectivity index (χ4n) is 3.22. The molecule has 0 aromatic heterocycles. The standard InChI is InChI=1S/C22H33NO6/c1-21(2,3)18-17(27-14-15-10-8-7-9-11-15)16(12-13-26-18)19(24)29-23-20(25)28-22(4,5)6/h7-11,16-18H,12-14H2,1-6H3,(H,23,25). The van der Waals surface area contributed by atoms with Crippen molar-refractivity contribution in [2.45, 2.75) is 72.4 Å². The molecule has 7 nitrogen and oxygen atoms in total. The summed E-state index contributed by atoms with van der Waals surface area (Å²) in [6.07, 6.45) is -1.16. The van der Waals surface area contributed by atoms with Gasteiger partial charge in [-0.05, 0) is 38.2 Å². The van der Waals surface area contributed by atoms with E-state index in [-0.39, 0.29) is 11.5 Å². The average Bonchev–Trinajstić information content (AvgIpc) is 2.63. The summed E-state index contributed by atoms with van der Waals surface area (Å²) in [5.41, 5.74) is 2.16. The summed E-state index contributed by atoms with van der Waals surface area (Å²) < 4.78 is 17.2. The summed E-state index contributed by atoms with van der Waals surface area (Å²) in [5, 5.41) is 0. The van der Waals surface area contributed by atoms with Crippen molar-refractivity contribution in [3.63, 3.8) is 0 Å². The van der Waals surface area contributed by atoms with Crippen molar-refractivity contribution in [2.24, 2.45) is 11.3 Å². The van der Waals surface area contributed by atoms with Crippen LogP contribution in [0.1, 0.15) is 53.5 Å². The van der Waals surface area contributed by atoms with Gasteiger partial charge in [-0.25, -0.2) is 9.59 Å². The quantitative estimate of drug-likeness (QED) is 0.760. The molecule has 3 unspecified atom stereocenters. The molecule has 2 rings (SSSR count). The van der Waals surface area contributed by atoms with Crippen molar-refractivity contribution in [3.05, 3.63) is 35.9 Å². The number of amides is 1. The molecule has 1 aromatic carbocycles. The second-order valence-corrected chi connectivity index (χ2v) is 9.34. The highest BCUT2D eigenvalue weighted by Crippen LogP contribution is 2.35. The molecule has 7 heteroatoms. The summed E-state index contributed by atoms with van der Waals surface area (Å²) in [5.74, 6) is -1.13. The number of carbonyl (C=O) groups is 2. The van der Waals surface area contributed by atoms with E-state index in [1.807, 2.05) is 51.1 Å². The highest BCUT2D eigenvalue weighted by atomic mass is 16.7. The minimum Gasteiger partial charge on any atom is -0.442 e. The van der Waals surface area contributed by atoms with E-state index < -0.39 is 29.7 Å². The minimum absolute atomic E-state index is 0.237. The van der Waals surface area contributed by atoms with Crippen molar-refractivity contribution in [3.8, 4) is 0 Å². The first-order chi connectivity index (χ1) is 13.5. The summed E-state index contributed by atoms with van der Waals surface area (Å²) in [6.45, 7) is 12.1. The SMILES string of the molecule is CC(C)(C)OC(=O)NOC(=O)C1CCOC(C(C)(C)C)C1OCc1ccccc1. The van der Waals surface area contributed by atoms with Crippen LogP contribution in [0.3, 0.4) is 0 Å². The molecule has 1 heterocycles. The maximum atomic E-state index is 12.7. The second kappa shape index (κ2) is 9.59. The van der Waals surface area contributed by atoms with Crippen LogP contribution in [0.15, 0.2) is 30.3 Å². The minimum atomic E-state index is -0.813. The molecular formula is C22H33NO6. The molecule has 1 N–H and O–H groups in total. The van der Waals surface area contributed by atoms with E-state index in [2.05, 4.69) is 5.48 Å². The number of nitrogens with one attached hydrogen (secondary N) is 1. The summed E-state index contributed by atoms with van der Waals surface area (Å²) in [4.78, 5) is 29.6. The smallest absolute Gasteiger partial charge is 0.441 e. The second-order valence-electron chi connectivity index (χ2n) is 9.34. The van der Waals surface area contributed by atoms with E-state index >= 15 is 0 Å². The van der Waals surface area contributed by atoms with Crippen molar-refractivity contribution in [1.82, 2.24) is 5.48 Å². The number of benzene rings is 1. The van der Waals surface area contributed by atoms with Gasteiger partial charge < -0.3 is 19.0 Å². The van der Waals surface area contributed by atoms with Crippen molar-refractivity contribution >= 4 is 12.1 Å². The molecule has 0 aliphatic carbocycles. The van der Waals surface area contributed by atoms with Crippen LogP contribution >= 0.6 is 0 Å². The lowest BCUT2D eigenvalue weighted by atomic mass is 9.78. The van der Waals surface area contributed by atoms with Crippen LogP contribution in [0.25, 0.3) is 0 Å². The third kappa shape index (κ3) is 7.33. The number of carbonyl (C=O) groups excluding carboxylic acids is 2. The molecular weight excluding hydrogens is 374 g/mol. The van der Waals surface area contributed by atoms with Crippen LogP contribution in [-0.4, -0.2) is 36.5 Å². The number of ether oxygens (including phenoxy) is 3. The largest absolute Gasteiger partial charge is 0.442 e. The highest BCUT2D eigenvalue weighted by Gasteiger charge is 2.45. The monoisotopic (exact) mass is 407 g/mol. The van der Waals surface area contributed by atoms with Gasteiger partial charge in [0.25, 0.3) is 0 Å². The van der Waals surface area contributed by atoms with Crippen LogP contribution in [-0.2, 0) is 30.4 Å². The topological polar surface area (TPSA) is 83.1 Å². The summed E-state index contributed by atoms with van der Waals surface area (Å²) >= 11 is 0. The predicted molar refractivity (Wildman–Crippen MR) is 108 cm³/mol. The Morgan fingerprint density at radius 2 is 1.76 bits per heavy atom. The molecule has 1 aliphatic rings. The molecule has 1 fully saturated rings. The average molecular weight is 408 g/mol. The normalized spacial score (nSPS) is 22.6. The first kappa shape index (κ1) is 23.2. The molecule has 1 amide bonds. The van der Waals surface area contributed by atoms with Gasteiger partial charge in [0.1, 0.15) is 5.60 Å². The molecule has 0 bridgehead atoms. The Labute approximate surface area is 173 Å². The molecule has 0 radical (unpaired) electrons. The molecule has 0 saturated carbocycles. The first-order valence-electron chi connectivity index (χ1n) is 9.94. The van der Waals surface area contributed by atoms with E-state index in [9.17, 15) is 9.59 Å². The predicted octanol–water partition coefficient (Wildman–Crippen LogP) is 4.01. The number of hydrogen-bond acceptors (Lipinski definition) is 6. The lowest BCUT2D eigenvalue weighted by molar-refractivity contribution is -0.196. The van der Waals surface area contributed by atoms with Gasteiger partial charge in [0.05, 0.1) is 24.7 Å². The van der Waals surface area contributed by atoms with Crippen LogP contribution in [0.2, 0.25) is 0 Å². The Morgan fingerprint density at radius 3 is 2.34 bits per heavy atom. The molecule has 162 valence electrons. The number of rotatable bonds is 4. The Bertz CT molecular complexity index is 677. The zero-order chi connectivity index (χ0) is 21.7. The van der Waals surface area contributed by atoms with Gasteiger partial charge in [0.15, 0.2) is 0 Å². The van der Waals surface area contributed by atoms with E-state index in [1.54, 1.807) is 20.8 Å². The van der Waals surface area contributed by atoms with E-state index in [0.717, 1.165) is 5.56 Å². The van der Waals surface area contributed by atoms with Crippen molar-refractivity contribution < 1.29 is 28.6 Å². The fraction of sp³-hybridized carbons (Fsp3) is 0.636. The zero-order valence-corrected chi connectivity index (χ0v) is 18.2. The van der Waals surface area contributed by atoms with E-state index in [1.165, 1.54) is 0 Å². The van der Waals surface area contributed by atoms with Gasteiger partial charge >= 0.3 is 12.1 Å². The van der Waals surface area contributed by atoms with Gasteiger partial charge in [-0.1, -0.05) is 51.1 Å². The molecule has 1 aromatic rings. The number of hydrogen-bond donors (Lipinski definition) is 1. The molecule has 0 spiro atoms. The van der Waals surface area contributed by atoms with Crippen LogP contribution in [0.5, 0.6) is 0 Å². The molecule has 3 atom stereocenters. The van der Waals surface area contributed by atoms with Crippen LogP contribution in [0, 0.1) is 11.3 Å². The Kier molecular flexibility index (Phi) is 7.66. The zero-order valence-electron chi connectivity index (χ0n) is 18.2. The Hall–Kier alpha value is -2.12. The van der Waals surface area contributed by atoms with Gasteiger partial charge in [0, 0.05) is 6.61 Å². The van der Waals surface area contributed by atoms with Crippen LogP contribution in [0.4, 0.5) is 4.79 Å². The highest BCUT2D eigenvalue weighted by molar-refractivity contribution is 5.76. The summed E-state index contributed by atoms with van der Waals surface area (Å²) in [7, 11) is 0.